The molecule has 0 saturated heterocycles. The average molecular weight is 219 g/mol. The molecule has 0 saturated carbocycles. The minimum Gasteiger partial charge on any atom is -0.442 e. The highest BCUT2D eigenvalue weighted by Crippen LogP contribution is 2.08. The Bertz CT molecular complexity index is 385. The van der Waals surface area contributed by atoms with Crippen LogP contribution in [0.2, 0.25) is 0 Å². The lowest BCUT2D eigenvalue weighted by atomic mass is 10.2. The summed E-state index contributed by atoms with van der Waals surface area (Å²) < 4.78 is 5.05. The van der Waals surface area contributed by atoms with Crippen LogP contribution >= 0.6 is 0 Å². The molecule has 0 aromatic heterocycles. The van der Waals surface area contributed by atoms with Gasteiger partial charge >= 0.3 is 6.09 Å². The highest BCUT2D eigenvalue weighted by atomic mass is 16.6. The minimum atomic E-state index is -0.562. The van der Waals surface area contributed by atoms with E-state index in [0.717, 1.165) is 5.56 Å². The van der Waals surface area contributed by atoms with Gasteiger partial charge in [-0.2, -0.15) is 4.99 Å². The van der Waals surface area contributed by atoms with Gasteiger partial charge in [0.15, 0.2) is 0 Å². The first-order valence-corrected chi connectivity index (χ1v) is 5.20. The summed E-state index contributed by atoms with van der Waals surface area (Å²) >= 11 is 0. The first-order valence-electron chi connectivity index (χ1n) is 5.20. The molecule has 1 aromatic carbocycles. The molecule has 86 valence electrons. The standard InChI is InChI=1S/C13H17NO2/c1-10-5-7-11(8-6-10)9-14-12(15)16-13(2,3)4/h5-9H,1-4H3. The van der Waals surface area contributed by atoms with Crippen LogP contribution in [0.15, 0.2) is 29.3 Å². The predicted molar refractivity (Wildman–Crippen MR) is 65.0 cm³/mol. The third-order valence-electron chi connectivity index (χ3n) is 1.79. The van der Waals surface area contributed by atoms with Gasteiger partial charge in [0.1, 0.15) is 5.60 Å². The van der Waals surface area contributed by atoms with Gasteiger partial charge in [0, 0.05) is 6.21 Å². The van der Waals surface area contributed by atoms with Crippen molar-refractivity contribution in [3.8, 4) is 0 Å². The van der Waals surface area contributed by atoms with Crippen molar-refractivity contribution in [3.63, 3.8) is 0 Å². The molecule has 1 rings (SSSR count). The topological polar surface area (TPSA) is 38.7 Å². The summed E-state index contributed by atoms with van der Waals surface area (Å²) in [5, 5.41) is 0. The number of carbonyl (C=O) groups excluding carboxylic acids is 1. The first-order chi connectivity index (χ1) is 7.37. The summed E-state index contributed by atoms with van der Waals surface area (Å²) in [6.07, 6.45) is 0.945. The van der Waals surface area contributed by atoms with Gasteiger partial charge in [-0.25, -0.2) is 4.79 Å². The second-order valence-corrected chi connectivity index (χ2v) is 4.65. The third-order valence-corrected chi connectivity index (χ3v) is 1.79. The van der Waals surface area contributed by atoms with Crippen LogP contribution in [0.1, 0.15) is 31.9 Å². The van der Waals surface area contributed by atoms with Crippen LogP contribution in [-0.4, -0.2) is 17.9 Å². The summed E-state index contributed by atoms with van der Waals surface area (Å²) in [4.78, 5) is 15.0. The van der Waals surface area contributed by atoms with Crippen LogP contribution in [-0.2, 0) is 4.74 Å². The summed E-state index contributed by atoms with van der Waals surface area (Å²) in [6, 6.07) is 7.75. The molecule has 16 heavy (non-hydrogen) atoms. The molecule has 0 aliphatic heterocycles. The van der Waals surface area contributed by atoms with Crippen LogP contribution in [0.3, 0.4) is 0 Å². The molecule has 3 heteroatoms. The van der Waals surface area contributed by atoms with E-state index >= 15 is 0 Å². The minimum absolute atomic E-state index is 0.498. The molecule has 0 radical (unpaired) electrons. The predicted octanol–water partition coefficient (Wildman–Crippen LogP) is 3.35. The second-order valence-electron chi connectivity index (χ2n) is 4.65. The van der Waals surface area contributed by atoms with Gasteiger partial charge in [-0.15, -0.1) is 0 Å². The van der Waals surface area contributed by atoms with Crippen molar-refractivity contribution in [2.24, 2.45) is 4.99 Å². The lowest BCUT2D eigenvalue weighted by molar-refractivity contribution is 0.0605. The van der Waals surface area contributed by atoms with Gasteiger partial charge in [-0.1, -0.05) is 29.8 Å². The van der Waals surface area contributed by atoms with E-state index in [9.17, 15) is 4.79 Å². The fourth-order valence-electron chi connectivity index (χ4n) is 1.07. The lowest BCUT2D eigenvalue weighted by Gasteiger charge is -2.17. The Hall–Kier alpha value is -1.64. The molecule has 0 fully saturated rings. The average Bonchev–Trinajstić information content (AvgIpc) is 2.14. The van der Waals surface area contributed by atoms with Crippen molar-refractivity contribution in [2.45, 2.75) is 33.3 Å². The molecule has 1 aromatic rings. The first kappa shape index (κ1) is 12.4. The molecule has 0 heterocycles. The SMILES string of the molecule is Cc1ccc(C=NC(=O)OC(C)(C)C)cc1. The Morgan fingerprint density at radius 3 is 2.31 bits per heavy atom. The van der Waals surface area contributed by atoms with Gasteiger partial charge in [0.05, 0.1) is 0 Å². The number of rotatable bonds is 1. The maximum atomic E-state index is 11.3. The largest absolute Gasteiger partial charge is 0.442 e. The summed E-state index contributed by atoms with van der Waals surface area (Å²) in [5.41, 5.74) is 1.56. The van der Waals surface area contributed by atoms with Crippen molar-refractivity contribution in [3.05, 3.63) is 35.4 Å². The Labute approximate surface area is 96.2 Å². The normalized spacial score (nSPS) is 11.8. The van der Waals surface area contributed by atoms with E-state index in [4.69, 9.17) is 4.74 Å². The van der Waals surface area contributed by atoms with Crippen molar-refractivity contribution >= 4 is 12.3 Å². The fourth-order valence-corrected chi connectivity index (χ4v) is 1.07. The quantitative estimate of drug-likeness (QED) is 0.679. The van der Waals surface area contributed by atoms with E-state index in [1.54, 1.807) is 0 Å². The number of hydrogen-bond acceptors (Lipinski definition) is 2. The number of hydrogen-bond donors (Lipinski definition) is 0. The monoisotopic (exact) mass is 219 g/mol. The number of amides is 1. The van der Waals surface area contributed by atoms with Crippen molar-refractivity contribution in [2.75, 3.05) is 0 Å². The molecule has 0 aliphatic carbocycles. The summed E-state index contributed by atoms with van der Waals surface area (Å²) in [5.74, 6) is 0. The number of carbonyl (C=O) groups is 1. The molecule has 0 unspecified atom stereocenters. The van der Waals surface area contributed by atoms with E-state index in [1.807, 2.05) is 52.0 Å². The molecule has 3 nitrogen and oxygen atoms in total. The molecular formula is C13H17NO2. The molecule has 0 N–H and O–H groups in total. The van der Waals surface area contributed by atoms with Crippen LogP contribution in [0.5, 0.6) is 0 Å². The Balaban J connectivity index is 2.60. The number of nitrogens with zero attached hydrogens (tertiary/aromatic N) is 1. The van der Waals surface area contributed by atoms with Crippen molar-refractivity contribution in [1.82, 2.24) is 0 Å². The summed E-state index contributed by atoms with van der Waals surface area (Å²) in [6.45, 7) is 7.44. The number of aliphatic imine (C=N–C) groups is 1. The lowest BCUT2D eigenvalue weighted by Crippen LogP contribution is -2.21. The number of benzene rings is 1. The van der Waals surface area contributed by atoms with Crippen LogP contribution in [0.25, 0.3) is 0 Å². The molecule has 0 atom stereocenters. The van der Waals surface area contributed by atoms with Crippen LogP contribution < -0.4 is 0 Å². The van der Waals surface area contributed by atoms with E-state index in [0.29, 0.717) is 0 Å². The zero-order valence-corrected chi connectivity index (χ0v) is 10.2. The maximum Gasteiger partial charge on any atom is 0.434 e. The summed E-state index contributed by atoms with van der Waals surface area (Å²) in [7, 11) is 0. The fraction of sp³-hybridized carbons (Fsp3) is 0.385. The third kappa shape index (κ3) is 4.73. The zero-order valence-electron chi connectivity index (χ0n) is 10.2. The molecule has 0 aliphatic rings. The van der Waals surface area contributed by atoms with E-state index in [1.165, 1.54) is 11.8 Å². The molecule has 0 spiro atoms. The van der Waals surface area contributed by atoms with E-state index < -0.39 is 11.7 Å². The molecule has 1 amide bonds. The molecule has 0 bridgehead atoms. The maximum absolute atomic E-state index is 11.3. The van der Waals surface area contributed by atoms with Gasteiger partial charge in [0.25, 0.3) is 0 Å². The van der Waals surface area contributed by atoms with Gasteiger partial charge < -0.3 is 4.74 Å². The van der Waals surface area contributed by atoms with Crippen LogP contribution in [0, 0.1) is 6.92 Å². The second kappa shape index (κ2) is 4.92. The van der Waals surface area contributed by atoms with Gasteiger partial charge in [-0.05, 0) is 33.3 Å². The highest BCUT2D eigenvalue weighted by molar-refractivity contribution is 5.88. The Kier molecular flexibility index (Phi) is 3.82. The Morgan fingerprint density at radius 2 is 1.81 bits per heavy atom. The highest BCUT2D eigenvalue weighted by Gasteiger charge is 2.14. The van der Waals surface area contributed by atoms with Crippen molar-refractivity contribution in [1.29, 1.82) is 0 Å². The number of ether oxygens (including phenoxy) is 1. The van der Waals surface area contributed by atoms with Crippen molar-refractivity contribution < 1.29 is 9.53 Å². The number of aryl methyl sites for hydroxylation is 1. The van der Waals surface area contributed by atoms with Gasteiger partial charge in [0.2, 0.25) is 0 Å². The Morgan fingerprint density at radius 1 is 1.25 bits per heavy atom. The zero-order chi connectivity index (χ0) is 12.2. The smallest absolute Gasteiger partial charge is 0.434 e. The van der Waals surface area contributed by atoms with E-state index in [-0.39, 0.29) is 0 Å². The van der Waals surface area contributed by atoms with Gasteiger partial charge in [-0.3, -0.25) is 0 Å². The van der Waals surface area contributed by atoms with E-state index in [2.05, 4.69) is 4.99 Å². The van der Waals surface area contributed by atoms with Crippen LogP contribution in [0.4, 0.5) is 4.79 Å². The molecular weight excluding hydrogens is 202 g/mol.